The van der Waals surface area contributed by atoms with Gasteiger partial charge in [0, 0.05) is 17.3 Å². The van der Waals surface area contributed by atoms with Gasteiger partial charge in [0.25, 0.3) is 5.91 Å². The van der Waals surface area contributed by atoms with Crippen LogP contribution in [0.5, 0.6) is 0 Å². The fraction of sp³-hybridized carbons (Fsp3) is 0.364. The number of carbonyl (C=O) groups is 1. The molecule has 0 heterocycles. The first-order valence-electron chi connectivity index (χ1n) is 4.76. The second kappa shape index (κ2) is 6.75. The topological polar surface area (TPSA) is 29.1 Å². The number of nitrogens with one attached hydrogen (secondary N) is 1. The van der Waals surface area contributed by atoms with Crippen LogP contribution < -0.4 is 5.32 Å². The number of halogens is 1. The van der Waals surface area contributed by atoms with Crippen molar-refractivity contribution in [3.05, 3.63) is 29.8 Å². The summed E-state index contributed by atoms with van der Waals surface area (Å²) in [4.78, 5) is 12.7. The number of hydrogen-bond acceptors (Lipinski definition) is 2. The number of hydrogen-bond donors (Lipinski definition) is 1. The van der Waals surface area contributed by atoms with Gasteiger partial charge in [-0.2, -0.15) is 0 Å². The lowest BCUT2D eigenvalue weighted by Crippen LogP contribution is -2.25. The fourth-order valence-corrected chi connectivity index (χ4v) is 1.93. The van der Waals surface area contributed by atoms with Crippen molar-refractivity contribution in [2.75, 3.05) is 18.7 Å². The van der Waals surface area contributed by atoms with Crippen LogP contribution in [0, 0.1) is 0 Å². The van der Waals surface area contributed by atoms with Crippen LogP contribution in [0.4, 0.5) is 0 Å². The molecule has 0 unspecified atom stereocenters. The Kier molecular flexibility index (Phi) is 5.58. The minimum absolute atomic E-state index is 0.0231. The zero-order chi connectivity index (χ0) is 11.1. The van der Waals surface area contributed by atoms with E-state index in [1.54, 1.807) is 11.8 Å². The van der Waals surface area contributed by atoms with E-state index in [0.29, 0.717) is 12.4 Å². The maximum atomic E-state index is 11.7. The molecule has 1 aromatic rings. The van der Waals surface area contributed by atoms with E-state index in [1.165, 1.54) is 0 Å². The lowest BCUT2D eigenvalue weighted by Gasteiger charge is -2.07. The highest BCUT2D eigenvalue weighted by Gasteiger charge is 2.08. The minimum atomic E-state index is -0.0231. The third-order valence-electron chi connectivity index (χ3n) is 1.95. The van der Waals surface area contributed by atoms with Crippen molar-refractivity contribution in [2.45, 2.75) is 11.3 Å². The predicted octanol–water partition coefficient (Wildman–Crippen LogP) is 2.77. The third-order valence-corrected chi connectivity index (χ3v) is 3.01. The normalized spacial score (nSPS) is 10.0. The van der Waals surface area contributed by atoms with E-state index in [1.807, 2.05) is 30.5 Å². The summed E-state index contributed by atoms with van der Waals surface area (Å²) in [6, 6.07) is 7.58. The molecule has 0 radical (unpaired) electrons. The smallest absolute Gasteiger partial charge is 0.252 e. The van der Waals surface area contributed by atoms with Gasteiger partial charge >= 0.3 is 0 Å². The summed E-state index contributed by atoms with van der Waals surface area (Å²) in [6.45, 7) is 0.630. The van der Waals surface area contributed by atoms with Crippen molar-refractivity contribution in [2.24, 2.45) is 0 Å². The molecule has 0 aliphatic carbocycles. The Labute approximate surface area is 99.4 Å². The quantitative estimate of drug-likeness (QED) is 0.490. The highest BCUT2D eigenvalue weighted by atomic mass is 35.5. The first-order chi connectivity index (χ1) is 7.29. The zero-order valence-electron chi connectivity index (χ0n) is 8.63. The van der Waals surface area contributed by atoms with E-state index in [4.69, 9.17) is 11.6 Å². The summed E-state index contributed by atoms with van der Waals surface area (Å²) in [5, 5.41) is 2.84. The van der Waals surface area contributed by atoms with Gasteiger partial charge in [-0.1, -0.05) is 12.1 Å². The molecular formula is C11H14ClNOS. The van der Waals surface area contributed by atoms with Crippen molar-refractivity contribution in [1.29, 1.82) is 0 Å². The molecule has 0 atom stereocenters. The number of amides is 1. The van der Waals surface area contributed by atoms with E-state index in [0.717, 1.165) is 16.9 Å². The van der Waals surface area contributed by atoms with Gasteiger partial charge in [0.15, 0.2) is 0 Å². The van der Waals surface area contributed by atoms with Gasteiger partial charge in [0.2, 0.25) is 0 Å². The van der Waals surface area contributed by atoms with E-state index >= 15 is 0 Å². The fourth-order valence-electron chi connectivity index (χ4n) is 1.20. The first-order valence-corrected chi connectivity index (χ1v) is 6.52. The van der Waals surface area contributed by atoms with Crippen molar-refractivity contribution < 1.29 is 4.79 Å². The van der Waals surface area contributed by atoms with Gasteiger partial charge in [0.1, 0.15) is 0 Å². The zero-order valence-corrected chi connectivity index (χ0v) is 10.2. The molecule has 1 rings (SSSR count). The molecule has 0 aromatic heterocycles. The molecule has 4 heteroatoms. The maximum absolute atomic E-state index is 11.7. The molecule has 0 fully saturated rings. The highest BCUT2D eigenvalue weighted by molar-refractivity contribution is 7.98. The van der Waals surface area contributed by atoms with E-state index in [9.17, 15) is 4.79 Å². The SMILES string of the molecule is CSc1ccccc1C(=O)NCCCCl. The summed E-state index contributed by atoms with van der Waals surface area (Å²) >= 11 is 7.11. The third kappa shape index (κ3) is 3.76. The van der Waals surface area contributed by atoms with Crippen molar-refractivity contribution in [1.82, 2.24) is 5.32 Å². The number of carbonyl (C=O) groups excluding carboxylic acids is 1. The summed E-state index contributed by atoms with van der Waals surface area (Å²) in [7, 11) is 0. The average Bonchev–Trinajstić information content (AvgIpc) is 2.29. The second-order valence-corrected chi connectivity index (χ2v) is 4.22. The van der Waals surface area contributed by atoms with Crippen molar-refractivity contribution in [3.8, 4) is 0 Å². The van der Waals surface area contributed by atoms with Crippen molar-refractivity contribution in [3.63, 3.8) is 0 Å². The summed E-state index contributed by atoms with van der Waals surface area (Å²) in [6.07, 6.45) is 2.76. The lowest BCUT2D eigenvalue weighted by molar-refractivity contribution is 0.0951. The van der Waals surface area contributed by atoms with Crippen LogP contribution in [-0.2, 0) is 0 Å². The monoisotopic (exact) mass is 243 g/mol. The van der Waals surface area contributed by atoms with Crippen LogP contribution in [0.2, 0.25) is 0 Å². The molecule has 0 aliphatic heterocycles. The molecule has 1 aromatic carbocycles. The minimum Gasteiger partial charge on any atom is -0.352 e. The van der Waals surface area contributed by atoms with Gasteiger partial charge in [-0.3, -0.25) is 4.79 Å². The van der Waals surface area contributed by atoms with E-state index in [2.05, 4.69) is 5.32 Å². The summed E-state index contributed by atoms with van der Waals surface area (Å²) in [5.41, 5.74) is 0.736. The molecule has 0 saturated heterocycles. The Morgan fingerprint density at radius 2 is 2.20 bits per heavy atom. The first kappa shape index (κ1) is 12.4. The van der Waals surface area contributed by atoms with Crippen LogP contribution in [0.3, 0.4) is 0 Å². The van der Waals surface area contributed by atoms with Crippen LogP contribution in [0.25, 0.3) is 0 Å². The lowest BCUT2D eigenvalue weighted by atomic mass is 10.2. The second-order valence-electron chi connectivity index (χ2n) is 3.00. The van der Waals surface area contributed by atoms with Gasteiger partial charge in [0.05, 0.1) is 5.56 Å². The van der Waals surface area contributed by atoms with Gasteiger partial charge in [-0.25, -0.2) is 0 Å². The highest BCUT2D eigenvalue weighted by Crippen LogP contribution is 2.19. The molecule has 0 spiro atoms. The molecule has 15 heavy (non-hydrogen) atoms. The Balaban J connectivity index is 2.64. The molecule has 82 valence electrons. The molecule has 0 saturated carbocycles. The molecular weight excluding hydrogens is 230 g/mol. The van der Waals surface area contributed by atoms with Crippen LogP contribution >= 0.6 is 23.4 Å². The van der Waals surface area contributed by atoms with Crippen LogP contribution in [0.1, 0.15) is 16.8 Å². The van der Waals surface area contributed by atoms with E-state index < -0.39 is 0 Å². The Bertz CT molecular complexity index is 330. The molecule has 0 aliphatic rings. The number of rotatable bonds is 5. The Morgan fingerprint density at radius 1 is 1.47 bits per heavy atom. The standard InChI is InChI=1S/C11H14ClNOS/c1-15-10-6-3-2-5-9(10)11(14)13-8-4-7-12/h2-3,5-6H,4,7-8H2,1H3,(H,13,14). The Hall–Kier alpha value is -0.670. The number of alkyl halides is 1. The largest absolute Gasteiger partial charge is 0.352 e. The molecule has 2 nitrogen and oxygen atoms in total. The van der Waals surface area contributed by atoms with Crippen LogP contribution in [-0.4, -0.2) is 24.6 Å². The van der Waals surface area contributed by atoms with Gasteiger partial charge < -0.3 is 5.32 Å². The number of benzene rings is 1. The predicted molar refractivity (Wildman–Crippen MR) is 65.9 cm³/mol. The van der Waals surface area contributed by atoms with Gasteiger partial charge in [-0.15, -0.1) is 23.4 Å². The molecule has 1 amide bonds. The number of thioether (sulfide) groups is 1. The summed E-state index contributed by atoms with van der Waals surface area (Å²) in [5.74, 6) is 0.551. The van der Waals surface area contributed by atoms with Crippen LogP contribution in [0.15, 0.2) is 29.2 Å². The average molecular weight is 244 g/mol. The van der Waals surface area contributed by atoms with Gasteiger partial charge in [-0.05, 0) is 24.8 Å². The molecule has 0 bridgehead atoms. The summed E-state index contributed by atoms with van der Waals surface area (Å²) < 4.78 is 0. The Morgan fingerprint density at radius 3 is 2.87 bits per heavy atom. The van der Waals surface area contributed by atoms with Crippen molar-refractivity contribution >= 4 is 29.3 Å². The maximum Gasteiger partial charge on any atom is 0.252 e. The molecule has 1 N–H and O–H groups in total. The van der Waals surface area contributed by atoms with E-state index in [-0.39, 0.29) is 5.91 Å².